The zero-order chi connectivity index (χ0) is 20.2. The number of amides is 1. The maximum absolute atomic E-state index is 11.7. The van der Waals surface area contributed by atoms with Crippen molar-refractivity contribution in [2.75, 3.05) is 68.7 Å². The fourth-order valence-electron chi connectivity index (χ4n) is 4.00. The number of hydrogen-bond donors (Lipinski definition) is 0. The number of aromatic nitrogens is 2. The van der Waals surface area contributed by atoms with Crippen molar-refractivity contribution in [3.8, 4) is 11.3 Å². The van der Waals surface area contributed by atoms with Crippen LogP contribution >= 0.6 is 0 Å². The molecular formula is C22H30N6O. The van der Waals surface area contributed by atoms with Crippen LogP contribution < -0.4 is 9.80 Å². The molecule has 0 bridgehead atoms. The van der Waals surface area contributed by atoms with Crippen molar-refractivity contribution in [3.63, 3.8) is 0 Å². The summed E-state index contributed by atoms with van der Waals surface area (Å²) >= 11 is 0. The van der Waals surface area contributed by atoms with Gasteiger partial charge in [-0.1, -0.05) is 37.3 Å². The zero-order valence-electron chi connectivity index (χ0n) is 17.4. The fourth-order valence-corrected chi connectivity index (χ4v) is 4.00. The summed E-state index contributed by atoms with van der Waals surface area (Å²) in [4.78, 5) is 30.5. The molecule has 2 fully saturated rings. The number of piperazine rings is 2. The molecule has 154 valence electrons. The maximum atomic E-state index is 11.7. The third-order valence-corrected chi connectivity index (χ3v) is 5.92. The van der Waals surface area contributed by atoms with Crippen molar-refractivity contribution in [2.45, 2.75) is 13.8 Å². The first kappa shape index (κ1) is 19.6. The molecule has 3 heterocycles. The molecule has 29 heavy (non-hydrogen) atoms. The monoisotopic (exact) mass is 394 g/mol. The quantitative estimate of drug-likeness (QED) is 0.790. The molecule has 0 N–H and O–H groups in total. The molecule has 4 rings (SSSR count). The Morgan fingerprint density at radius 3 is 2.17 bits per heavy atom. The predicted octanol–water partition coefficient (Wildman–Crippen LogP) is 1.95. The van der Waals surface area contributed by atoms with Gasteiger partial charge in [0.05, 0.1) is 5.69 Å². The number of carbonyl (C=O) groups is 1. The van der Waals surface area contributed by atoms with Crippen LogP contribution in [0.1, 0.15) is 13.8 Å². The molecule has 0 unspecified atom stereocenters. The highest BCUT2D eigenvalue weighted by Crippen LogP contribution is 2.26. The molecule has 0 saturated carbocycles. The van der Waals surface area contributed by atoms with E-state index in [9.17, 15) is 4.79 Å². The van der Waals surface area contributed by atoms with Crippen LogP contribution in [-0.2, 0) is 4.79 Å². The van der Waals surface area contributed by atoms with Gasteiger partial charge in [0.2, 0.25) is 11.9 Å². The Morgan fingerprint density at radius 1 is 0.897 bits per heavy atom. The number of hydrogen-bond acceptors (Lipinski definition) is 6. The van der Waals surface area contributed by atoms with E-state index < -0.39 is 0 Å². The standard InChI is InChI=1S/C22H30N6O/c1-3-25-9-11-28(12-10-25)22-23-20(19-7-5-4-6-8-19)17-21(24-22)27-15-13-26(14-16-27)18(2)29/h4-8,17H,3,9-16H2,1-2H3. The summed E-state index contributed by atoms with van der Waals surface area (Å²) in [6.07, 6.45) is 0. The Labute approximate surface area is 172 Å². The van der Waals surface area contributed by atoms with E-state index in [0.29, 0.717) is 0 Å². The van der Waals surface area contributed by atoms with E-state index in [0.717, 1.165) is 81.9 Å². The first-order chi connectivity index (χ1) is 14.1. The summed E-state index contributed by atoms with van der Waals surface area (Å²) in [7, 11) is 0. The van der Waals surface area contributed by atoms with Crippen molar-refractivity contribution in [1.82, 2.24) is 19.8 Å². The van der Waals surface area contributed by atoms with Crippen molar-refractivity contribution >= 4 is 17.7 Å². The maximum Gasteiger partial charge on any atom is 0.227 e. The van der Waals surface area contributed by atoms with E-state index >= 15 is 0 Å². The van der Waals surface area contributed by atoms with E-state index in [1.54, 1.807) is 6.92 Å². The van der Waals surface area contributed by atoms with E-state index in [1.165, 1.54) is 0 Å². The third-order valence-electron chi connectivity index (χ3n) is 5.92. The smallest absolute Gasteiger partial charge is 0.227 e. The first-order valence-electron chi connectivity index (χ1n) is 10.6. The van der Waals surface area contributed by atoms with Gasteiger partial charge in [-0.15, -0.1) is 0 Å². The van der Waals surface area contributed by atoms with Crippen LogP contribution in [-0.4, -0.2) is 84.6 Å². The van der Waals surface area contributed by atoms with Crippen LogP contribution in [0.2, 0.25) is 0 Å². The Kier molecular flexibility index (Phi) is 5.94. The average molecular weight is 395 g/mol. The van der Waals surface area contributed by atoms with Crippen LogP contribution in [0.3, 0.4) is 0 Å². The van der Waals surface area contributed by atoms with Gasteiger partial charge in [0, 0.05) is 70.9 Å². The molecule has 1 amide bonds. The molecule has 7 nitrogen and oxygen atoms in total. The molecule has 0 spiro atoms. The fraction of sp³-hybridized carbons (Fsp3) is 0.500. The van der Waals surface area contributed by atoms with Crippen LogP contribution in [0.25, 0.3) is 11.3 Å². The van der Waals surface area contributed by atoms with Crippen molar-refractivity contribution in [1.29, 1.82) is 0 Å². The van der Waals surface area contributed by atoms with Gasteiger partial charge >= 0.3 is 0 Å². The van der Waals surface area contributed by atoms with Gasteiger partial charge in [0.15, 0.2) is 0 Å². The molecule has 0 aliphatic carbocycles. The van der Waals surface area contributed by atoms with Crippen LogP contribution in [0.4, 0.5) is 11.8 Å². The van der Waals surface area contributed by atoms with Gasteiger partial charge in [-0.3, -0.25) is 4.79 Å². The minimum atomic E-state index is 0.145. The lowest BCUT2D eigenvalue weighted by molar-refractivity contribution is -0.129. The summed E-state index contributed by atoms with van der Waals surface area (Å²) in [6.45, 7) is 12.0. The van der Waals surface area contributed by atoms with Gasteiger partial charge in [-0.2, -0.15) is 4.98 Å². The second kappa shape index (κ2) is 8.78. The van der Waals surface area contributed by atoms with Crippen LogP contribution in [0.15, 0.2) is 36.4 Å². The molecule has 7 heteroatoms. The second-order valence-electron chi connectivity index (χ2n) is 7.69. The van der Waals surface area contributed by atoms with Crippen molar-refractivity contribution < 1.29 is 4.79 Å². The van der Waals surface area contributed by atoms with Gasteiger partial charge in [-0.25, -0.2) is 4.98 Å². The van der Waals surface area contributed by atoms with Gasteiger partial charge in [0.25, 0.3) is 0 Å². The van der Waals surface area contributed by atoms with Crippen LogP contribution in [0.5, 0.6) is 0 Å². The molecule has 0 radical (unpaired) electrons. The number of likely N-dealkylation sites (N-methyl/N-ethyl adjacent to an activating group) is 1. The molecule has 2 aromatic rings. The Balaban J connectivity index is 1.61. The van der Waals surface area contributed by atoms with Crippen LogP contribution in [0, 0.1) is 0 Å². The number of nitrogens with zero attached hydrogens (tertiary/aromatic N) is 6. The van der Waals surface area contributed by atoms with Gasteiger partial charge in [0.1, 0.15) is 5.82 Å². The summed E-state index contributed by atoms with van der Waals surface area (Å²) < 4.78 is 0. The number of anilines is 2. The summed E-state index contributed by atoms with van der Waals surface area (Å²) in [5.74, 6) is 1.91. The summed E-state index contributed by atoms with van der Waals surface area (Å²) in [5, 5.41) is 0. The van der Waals surface area contributed by atoms with E-state index in [2.05, 4.69) is 39.8 Å². The molecule has 2 saturated heterocycles. The summed E-state index contributed by atoms with van der Waals surface area (Å²) in [6, 6.07) is 12.4. The molecule has 0 atom stereocenters. The SMILES string of the molecule is CCN1CCN(c2nc(-c3ccccc3)cc(N3CCN(C(C)=O)CC3)n2)CC1. The zero-order valence-corrected chi connectivity index (χ0v) is 17.4. The minimum absolute atomic E-state index is 0.145. The molecule has 1 aromatic carbocycles. The topological polar surface area (TPSA) is 55.8 Å². The average Bonchev–Trinajstić information content (AvgIpc) is 2.79. The number of carbonyl (C=O) groups excluding carboxylic acids is 1. The first-order valence-corrected chi connectivity index (χ1v) is 10.6. The Bertz CT molecular complexity index is 826. The number of benzene rings is 1. The highest BCUT2D eigenvalue weighted by atomic mass is 16.2. The van der Waals surface area contributed by atoms with Gasteiger partial charge < -0.3 is 19.6 Å². The molecule has 1 aromatic heterocycles. The molecular weight excluding hydrogens is 364 g/mol. The molecule has 2 aliphatic rings. The van der Waals surface area contributed by atoms with E-state index in [4.69, 9.17) is 9.97 Å². The van der Waals surface area contributed by atoms with E-state index in [-0.39, 0.29) is 5.91 Å². The largest absolute Gasteiger partial charge is 0.353 e. The predicted molar refractivity (Wildman–Crippen MR) is 116 cm³/mol. The lowest BCUT2D eigenvalue weighted by Gasteiger charge is -2.36. The van der Waals surface area contributed by atoms with Crippen molar-refractivity contribution in [3.05, 3.63) is 36.4 Å². The lowest BCUT2D eigenvalue weighted by Crippen LogP contribution is -2.49. The highest BCUT2D eigenvalue weighted by Gasteiger charge is 2.23. The molecule has 2 aliphatic heterocycles. The highest BCUT2D eigenvalue weighted by molar-refractivity contribution is 5.73. The van der Waals surface area contributed by atoms with Gasteiger partial charge in [-0.05, 0) is 6.54 Å². The minimum Gasteiger partial charge on any atom is -0.353 e. The Hall–Kier alpha value is -2.67. The second-order valence-corrected chi connectivity index (χ2v) is 7.69. The Morgan fingerprint density at radius 2 is 1.55 bits per heavy atom. The third kappa shape index (κ3) is 4.50. The number of rotatable bonds is 4. The normalized spacial score (nSPS) is 18.2. The summed E-state index contributed by atoms with van der Waals surface area (Å²) in [5.41, 5.74) is 2.06. The van der Waals surface area contributed by atoms with E-state index in [1.807, 2.05) is 23.1 Å². The van der Waals surface area contributed by atoms with Crippen molar-refractivity contribution in [2.24, 2.45) is 0 Å². The lowest BCUT2D eigenvalue weighted by atomic mass is 10.1.